The molecule has 4 N–H and O–H groups in total. The van der Waals surface area contributed by atoms with E-state index in [9.17, 15) is 10.2 Å². The van der Waals surface area contributed by atoms with Crippen molar-refractivity contribution in [3.8, 4) is 45.3 Å². The fourth-order valence-electron chi connectivity index (χ4n) is 7.10. The van der Waals surface area contributed by atoms with Crippen LogP contribution in [0.3, 0.4) is 0 Å². The van der Waals surface area contributed by atoms with Crippen LogP contribution in [0.4, 0.5) is 0 Å². The number of nitrogens with one attached hydrogen (secondary N) is 2. The molecule has 1 saturated carbocycles. The van der Waals surface area contributed by atoms with Crippen LogP contribution in [0.15, 0.2) is 146 Å². The van der Waals surface area contributed by atoms with Crippen LogP contribution in [0.25, 0.3) is 22.3 Å². The fourth-order valence-corrected chi connectivity index (χ4v) is 7.10. The summed E-state index contributed by atoms with van der Waals surface area (Å²) in [6, 6.07) is 48.2. The topological polar surface area (TPSA) is 83.0 Å². The zero-order valence-corrected chi connectivity index (χ0v) is 29.4. The standard InChI is InChI=1S/C46H46N2O4/c49-45-35(19-13-23-39(45)37-21-7-11-27-43(37)51-31-33-15-3-1-4-16-33)29-47-41-25-9-10-26-42(41)48-30-36-20-14-24-40(46(36)50)38-22-8-12-28-44(38)52-32-34-17-5-2-6-18-34/h1-8,11-24,27-28,41-42,47-50H,9-10,25-26,29-32H2/t41-,42?/m1/s1. The number of benzene rings is 6. The van der Waals surface area contributed by atoms with Gasteiger partial charge in [0, 0.05) is 58.6 Å². The molecule has 52 heavy (non-hydrogen) atoms. The molecule has 1 aliphatic rings. The van der Waals surface area contributed by atoms with Crippen molar-refractivity contribution < 1.29 is 19.7 Å². The SMILES string of the molecule is Oc1c(CNC2CCCC[C@H]2NCc2cccc(-c3ccccc3OCc3ccccc3)c2O)cccc1-c1ccccc1OCc1ccccc1. The molecule has 0 aliphatic heterocycles. The van der Waals surface area contributed by atoms with Gasteiger partial charge in [-0.3, -0.25) is 0 Å². The maximum absolute atomic E-state index is 11.5. The highest BCUT2D eigenvalue weighted by atomic mass is 16.5. The monoisotopic (exact) mass is 690 g/mol. The number of phenolic OH excluding ortho intramolecular Hbond substituents is 2. The Morgan fingerprint density at radius 1 is 0.442 bits per heavy atom. The molecule has 0 spiro atoms. The maximum Gasteiger partial charge on any atom is 0.128 e. The molecule has 1 fully saturated rings. The highest BCUT2D eigenvalue weighted by molar-refractivity contribution is 5.77. The summed E-state index contributed by atoms with van der Waals surface area (Å²) in [5, 5.41) is 30.5. The van der Waals surface area contributed by atoms with Crippen LogP contribution in [0.2, 0.25) is 0 Å². The molecule has 0 radical (unpaired) electrons. The fraction of sp³-hybridized carbons (Fsp3) is 0.217. The van der Waals surface area contributed by atoms with Gasteiger partial charge >= 0.3 is 0 Å². The third-order valence-corrected chi connectivity index (χ3v) is 9.94. The van der Waals surface area contributed by atoms with Crippen molar-refractivity contribution >= 4 is 0 Å². The maximum atomic E-state index is 11.5. The van der Waals surface area contributed by atoms with E-state index in [0.29, 0.717) is 26.3 Å². The molecular formula is C46H46N2O4. The van der Waals surface area contributed by atoms with Gasteiger partial charge in [-0.05, 0) is 36.1 Å². The molecule has 264 valence electrons. The number of phenols is 2. The second-order valence-corrected chi connectivity index (χ2v) is 13.4. The number of ether oxygens (including phenoxy) is 2. The average molecular weight is 691 g/mol. The summed E-state index contributed by atoms with van der Waals surface area (Å²) in [5.41, 5.74) is 7.11. The lowest BCUT2D eigenvalue weighted by atomic mass is 9.89. The van der Waals surface area contributed by atoms with E-state index in [1.807, 2.05) is 146 Å². The molecule has 6 aromatic rings. The third-order valence-electron chi connectivity index (χ3n) is 9.94. The Bertz CT molecular complexity index is 1900. The molecule has 2 atom stereocenters. The van der Waals surface area contributed by atoms with E-state index in [4.69, 9.17) is 9.47 Å². The van der Waals surface area contributed by atoms with Crippen molar-refractivity contribution in [1.82, 2.24) is 10.6 Å². The molecule has 1 aliphatic carbocycles. The minimum atomic E-state index is 0.218. The van der Waals surface area contributed by atoms with Crippen molar-refractivity contribution in [3.63, 3.8) is 0 Å². The first-order valence-electron chi connectivity index (χ1n) is 18.2. The predicted octanol–water partition coefficient (Wildman–Crippen LogP) is 9.78. The van der Waals surface area contributed by atoms with E-state index >= 15 is 0 Å². The molecule has 0 heterocycles. The van der Waals surface area contributed by atoms with Gasteiger partial charge in [0.25, 0.3) is 0 Å². The second kappa shape index (κ2) is 17.1. The summed E-state index contributed by atoms with van der Waals surface area (Å²) in [6.45, 7) is 1.98. The van der Waals surface area contributed by atoms with Gasteiger partial charge in [0.1, 0.15) is 36.2 Å². The van der Waals surface area contributed by atoms with E-state index in [1.54, 1.807) is 0 Å². The van der Waals surface area contributed by atoms with E-state index in [2.05, 4.69) is 10.6 Å². The Hall–Kier alpha value is -5.56. The van der Waals surface area contributed by atoms with Gasteiger partial charge in [0.15, 0.2) is 0 Å². The number of hydrogen-bond acceptors (Lipinski definition) is 6. The van der Waals surface area contributed by atoms with Crippen molar-refractivity contribution in [2.45, 2.75) is 64.1 Å². The van der Waals surface area contributed by atoms with Gasteiger partial charge in [-0.1, -0.05) is 146 Å². The molecule has 0 bridgehead atoms. The second-order valence-electron chi connectivity index (χ2n) is 13.4. The quantitative estimate of drug-likeness (QED) is 0.0911. The first-order valence-corrected chi connectivity index (χ1v) is 18.2. The minimum Gasteiger partial charge on any atom is -0.507 e. The van der Waals surface area contributed by atoms with Crippen LogP contribution >= 0.6 is 0 Å². The van der Waals surface area contributed by atoms with Crippen LogP contribution in [0.1, 0.15) is 47.9 Å². The average Bonchev–Trinajstić information content (AvgIpc) is 3.20. The highest BCUT2D eigenvalue weighted by Gasteiger charge is 2.25. The summed E-state index contributed by atoms with van der Waals surface area (Å²) in [4.78, 5) is 0. The molecule has 6 aromatic carbocycles. The number of rotatable bonds is 14. The van der Waals surface area contributed by atoms with Gasteiger partial charge in [-0.25, -0.2) is 0 Å². The molecule has 7 rings (SSSR count). The Morgan fingerprint density at radius 3 is 1.27 bits per heavy atom. The number of aromatic hydroxyl groups is 2. The summed E-state index contributed by atoms with van der Waals surface area (Å²) >= 11 is 0. The lowest BCUT2D eigenvalue weighted by Crippen LogP contribution is -2.49. The van der Waals surface area contributed by atoms with Crippen LogP contribution < -0.4 is 20.1 Å². The summed E-state index contributed by atoms with van der Waals surface area (Å²) in [7, 11) is 0. The molecule has 0 saturated heterocycles. The normalized spacial score (nSPS) is 15.6. The summed E-state index contributed by atoms with van der Waals surface area (Å²) < 4.78 is 12.4. The molecule has 0 aromatic heterocycles. The van der Waals surface area contributed by atoms with Gasteiger partial charge in [-0.2, -0.15) is 0 Å². The Balaban J connectivity index is 1.01. The minimum absolute atomic E-state index is 0.218. The van der Waals surface area contributed by atoms with Gasteiger partial charge in [0.05, 0.1) is 0 Å². The highest BCUT2D eigenvalue weighted by Crippen LogP contribution is 2.39. The van der Waals surface area contributed by atoms with E-state index in [-0.39, 0.29) is 23.6 Å². The molecule has 0 amide bonds. The summed E-state index contributed by atoms with van der Waals surface area (Å²) in [6.07, 6.45) is 4.36. The smallest absolute Gasteiger partial charge is 0.128 e. The van der Waals surface area contributed by atoms with Crippen molar-refractivity contribution in [3.05, 3.63) is 168 Å². The van der Waals surface area contributed by atoms with Gasteiger partial charge < -0.3 is 30.3 Å². The summed E-state index contributed by atoms with van der Waals surface area (Å²) in [5.74, 6) is 2.00. The van der Waals surface area contributed by atoms with Crippen LogP contribution in [0, 0.1) is 0 Å². The van der Waals surface area contributed by atoms with Gasteiger partial charge in [0.2, 0.25) is 0 Å². The van der Waals surface area contributed by atoms with Crippen LogP contribution in [-0.2, 0) is 26.3 Å². The zero-order chi connectivity index (χ0) is 35.5. The van der Waals surface area contributed by atoms with Crippen molar-refractivity contribution in [2.75, 3.05) is 0 Å². The van der Waals surface area contributed by atoms with Crippen LogP contribution in [0.5, 0.6) is 23.0 Å². The van der Waals surface area contributed by atoms with E-state index in [1.165, 1.54) is 0 Å². The first kappa shape index (κ1) is 34.9. The lowest BCUT2D eigenvalue weighted by Gasteiger charge is -2.33. The molecule has 1 unspecified atom stereocenters. The Labute approximate surface area is 306 Å². The number of hydrogen-bond donors (Lipinski definition) is 4. The Morgan fingerprint density at radius 2 is 0.827 bits per heavy atom. The molecular weight excluding hydrogens is 645 g/mol. The number of para-hydroxylation sites is 4. The molecule has 6 nitrogen and oxygen atoms in total. The van der Waals surface area contributed by atoms with Gasteiger partial charge in [-0.15, -0.1) is 0 Å². The zero-order valence-electron chi connectivity index (χ0n) is 29.4. The third kappa shape index (κ3) is 8.48. The first-order chi connectivity index (χ1) is 25.6. The van der Waals surface area contributed by atoms with Crippen LogP contribution in [-0.4, -0.2) is 22.3 Å². The Kier molecular flexibility index (Phi) is 11.5. The largest absolute Gasteiger partial charge is 0.507 e. The van der Waals surface area contributed by atoms with Crippen molar-refractivity contribution in [1.29, 1.82) is 0 Å². The van der Waals surface area contributed by atoms with E-state index in [0.717, 1.165) is 81.7 Å². The predicted molar refractivity (Wildman–Crippen MR) is 208 cm³/mol. The van der Waals surface area contributed by atoms with E-state index < -0.39 is 0 Å². The lowest BCUT2D eigenvalue weighted by molar-refractivity contribution is 0.279. The molecule has 6 heteroatoms. The van der Waals surface area contributed by atoms with Crippen molar-refractivity contribution in [2.24, 2.45) is 0 Å².